The van der Waals surface area contributed by atoms with Gasteiger partial charge in [-0.15, -0.1) is 0 Å². The van der Waals surface area contributed by atoms with Gasteiger partial charge < -0.3 is 11.1 Å². The van der Waals surface area contributed by atoms with E-state index in [9.17, 15) is 14.9 Å². The van der Waals surface area contributed by atoms with Crippen LogP contribution >= 0.6 is 0 Å². The largest absolute Gasteiger partial charge is 0.369 e. The van der Waals surface area contributed by atoms with E-state index in [1.165, 1.54) is 12.3 Å². The molecular formula is C13H19N5O3. The van der Waals surface area contributed by atoms with Crippen molar-refractivity contribution < 1.29 is 9.72 Å². The van der Waals surface area contributed by atoms with Gasteiger partial charge >= 0.3 is 0 Å². The molecule has 0 spiro atoms. The van der Waals surface area contributed by atoms with Gasteiger partial charge in [0.05, 0.1) is 17.5 Å². The smallest absolute Gasteiger partial charge is 0.277 e. The molecular weight excluding hydrogens is 274 g/mol. The highest BCUT2D eigenvalue weighted by Gasteiger charge is 2.21. The van der Waals surface area contributed by atoms with Gasteiger partial charge in [0.25, 0.3) is 5.69 Å². The van der Waals surface area contributed by atoms with E-state index in [2.05, 4.69) is 10.3 Å². The quantitative estimate of drug-likeness (QED) is 0.609. The van der Waals surface area contributed by atoms with Gasteiger partial charge in [0, 0.05) is 30.9 Å². The number of pyridine rings is 1. The number of carbonyl (C=O) groups is 1. The predicted octanol–water partition coefficient (Wildman–Crippen LogP) is 0.660. The minimum atomic E-state index is -0.405. The van der Waals surface area contributed by atoms with Gasteiger partial charge in [-0.2, -0.15) is 0 Å². The SMILES string of the molecule is Cc1cnc(NC2CCN(CC(N)=O)CC2)cc1[N+](=O)[O-]. The summed E-state index contributed by atoms with van der Waals surface area (Å²) in [5, 5.41) is 14.1. The number of carbonyl (C=O) groups excluding carboxylic acids is 1. The maximum absolute atomic E-state index is 10.9. The fraction of sp³-hybridized carbons (Fsp3) is 0.538. The van der Waals surface area contributed by atoms with E-state index >= 15 is 0 Å². The van der Waals surface area contributed by atoms with Crippen molar-refractivity contribution in [3.05, 3.63) is 27.9 Å². The zero-order chi connectivity index (χ0) is 15.4. The Kier molecular flexibility index (Phi) is 4.69. The maximum Gasteiger partial charge on any atom is 0.277 e. The minimum Gasteiger partial charge on any atom is -0.369 e. The molecule has 1 aliphatic rings. The van der Waals surface area contributed by atoms with Crippen LogP contribution in [-0.4, -0.2) is 46.4 Å². The van der Waals surface area contributed by atoms with Gasteiger partial charge in [-0.25, -0.2) is 4.98 Å². The molecule has 0 aromatic carbocycles. The Morgan fingerprint density at radius 3 is 2.81 bits per heavy atom. The molecule has 0 atom stereocenters. The normalized spacial score (nSPS) is 16.6. The van der Waals surface area contributed by atoms with Crippen LogP contribution in [0.4, 0.5) is 11.5 Å². The van der Waals surface area contributed by atoms with Crippen LogP contribution in [0.15, 0.2) is 12.3 Å². The molecule has 1 fully saturated rings. The Morgan fingerprint density at radius 2 is 2.24 bits per heavy atom. The summed E-state index contributed by atoms with van der Waals surface area (Å²) in [6.45, 7) is 3.49. The van der Waals surface area contributed by atoms with E-state index < -0.39 is 4.92 Å². The third-order valence-electron chi connectivity index (χ3n) is 3.59. The Morgan fingerprint density at radius 1 is 1.57 bits per heavy atom. The fourth-order valence-corrected chi connectivity index (χ4v) is 2.45. The van der Waals surface area contributed by atoms with E-state index in [-0.39, 0.29) is 24.2 Å². The van der Waals surface area contributed by atoms with Crippen LogP contribution in [0, 0.1) is 17.0 Å². The van der Waals surface area contributed by atoms with Gasteiger partial charge in [-0.05, 0) is 19.8 Å². The molecule has 0 unspecified atom stereocenters. The molecule has 1 saturated heterocycles. The number of nitrogens with zero attached hydrogens (tertiary/aromatic N) is 3. The first-order chi connectivity index (χ1) is 9.95. The van der Waals surface area contributed by atoms with Crippen molar-refractivity contribution in [2.45, 2.75) is 25.8 Å². The molecule has 0 saturated carbocycles. The summed E-state index contributed by atoms with van der Waals surface area (Å²) in [7, 11) is 0. The van der Waals surface area contributed by atoms with Crippen molar-refractivity contribution in [1.29, 1.82) is 0 Å². The number of piperidine rings is 1. The molecule has 1 aromatic rings. The molecule has 0 bridgehead atoms. The van der Waals surface area contributed by atoms with Crippen LogP contribution in [0.1, 0.15) is 18.4 Å². The average Bonchev–Trinajstić information content (AvgIpc) is 2.42. The molecule has 2 rings (SSSR count). The second-order valence-electron chi connectivity index (χ2n) is 5.27. The first-order valence-electron chi connectivity index (χ1n) is 6.84. The third kappa shape index (κ3) is 4.12. The van der Waals surface area contributed by atoms with E-state index in [0.717, 1.165) is 25.9 Å². The molecule has 3 N–H and O–H groups in total. The maximum atomic E-state index is 10.9. The zero-order valence-corrected chi connectivity index (χ0v) is 11.9. The highest BCUT2D eigenvalue weighted by Crippen LogP contribution is 2.22. The molecule has 1 amide bonds. The van der Waals surface area contributed by atoms with E-state index in [4.69, 9.17) is 5.73 Å². The summed E-state index contributed by atoms with van der Waals surface area (Å²) >= 11 is 0. The van der Waals surface area contributed by atoms with Crippen molar-refractivity contribution in [2.24, 2.45) is 5.73 Å². The van der Waals surface area contributed by atoms with Crippen molar-refractivity contribution in [1.82, 2.24) is 9.88 Å². The van der Waals surface area contributed by atoms with E-state index in [1.54, 1.807) is 6.92 Å². The highest BCUT2D eigenvalue weighted by molar-refractivity contribution is 5.75. The van der Waals surface area contributed by atoms with Crippen LogP contribution in [-0.2, 0) is 4.79 Å². The molecule has 114 valence electrons. The Bertz CT molecular complexity index is 541. The number of nitro groups is 1. The number of hydrogen-bond acceptors (Lipinski definition) is 6. The molecule has 21 heavy (non-hydrogen) atoms. The second-order valence-corrected chi connectivity index (χ2v) is 5.27. The lowest BCUT2D eigenvalue weighted by atomic mass is 10.0. The number of nitrogens with two attached hydrogens (primary N) is 1. The van der Waals surface area contributed by atoms with Crippen LogP contribution < -0.4 is 11.1 Å². The monoisotopic (exact) mass is 293 g/mol. The number of aromatic nitrogens is 1. The van der Waals surface area contributed by atoms with Crippen LogP contribution in [0.5, 0.6) is 0 Å². The summed E-state index contributed by atoms with van der Waals surface area (Å²) in [6, 6.07) is 1.66. The predicted molar refractivity (Wildman–Crippen MR) is 77.9 cm³/mol. The molecule has 1 aromatic heterocycles. The summed E-state index contributed by atoms with van der Waals surface area (Å²) in [4.78, 5) is 27.6. The molecule has 1 aliphatic heterocycles. The highest BCUT2D eigenvalue weighted by atomic mass is 16.6. The molecule has 2 heterocycles. The number of rotatable bonds is 5. The summed E-state index contributed by atoms with van der Waals surface area (Å²) < 4.78 is 0. The average molecular weight is 293 g/mol. The lowest BCUT2D eigenvalue weighted by Crippen LogP contribution is -2.43. The fourth-order valence-electron chi connectivity index (χ4n) is 2.45. The summed E-state index contributed by atoms with van der Waals surface area (Å²) in [6.07, 6.45) is 3.19. The molecule has 0 aliphatic carbocycles. The second kappa shape index (κ2) is 6.49. The summed E-state index contributed by atoms with van der Waals surface area (Å²) in [5.41, 5.74) is 5.78. The van der Waals surface area contributed by atoms with Crippen molar-refractivity contribution in [3.8, 4) is 0 Å². The van der Waals surface area contributed by atoms with Crippen molar-refractivity contribution in [3.63, 3.8) is 0 Å². The van der Waals surface area contributed by atoms with Crippen LogP contribution in [0.2, 0.25) is 0 Å². The number of hydrogen-bond donors (Lipinski definition) is 2. The zero-order valence-electron chi connectivity index (χ0n) is 11.9. The Labute approximate surface area is 122 Å². The van der Waals surface area contributed by atoms with Crippen molar-refractivity contribution >= 4 is 17.4 Å². The number of likely N-dealkylation sites (tertiary alicyclic amines) is 1. The van der Waals surface area contributed by atoms with Gasteiger partial charge in [0.15, 0.2) is 0 Å². The molecule has 0 radical (unpaired) electrons. The number of anilines is 1. The third-order valence-corrected chi connectivity index (χ3v) is 3.59. The standard InChI is InChI=1S/C13H19N5O3/c1-9-7-15-13(6-11(9)18(20)21)16-10-2-4-17(5-3-10)8-12(14)19/h6-7,10H,2-5,8H2,1H3,(H2,14,19)(H,15,16). The molecule has 8 nitrogen and oxygen atoms in total. The topological polar surface area (TPSA) is 114 Å². The lowest BCUT2D eigenvalue weighted by Gasteiger charge is -2.31. The van der Waals surface area contributed by atoms with Crippen LogP contribution in [0.25, 0.3) is 0 Å². The van der Waals surface area contributed by atoms with Gasteiger partial charge in [0.1, 0.15) is 5.82 Å². The first-order valence-corrected chi connectivity index (χ1v) is 6.84. The van der Waals surface area contributed by atoms with E-state index in [0.29, 0.717) is 11.4 Å². The van der Waals surface area contributed by atoms with Crippen molar-refractivity contribution in [2.75, 3.05) is 25.0 Å². The number of amides is 1. The van der Waals surface area contributed by atoms with Gasteiger partial charge in [0.2, 0.25) is 5.91 Å². The Hall–Kier alpha value is -2.22. The van der Waals surface area contributed by atoms with E-state index in [1.807, 2.05) is 4.90 Å². The number of aryl methyl sites for hydroxylation is 1. The number of nitrogens with one attached hydrogen (secondary N) is 1. The lowest BCUT2D eigenvalue weighted by molar-refractivity contribution is -0.385. The first kappa shape index (κ1) is 15.2. The summed E-state index contributed by atoms with van der Waals surface area (Å²) in [5.74, 6) is 0.192. The van der Waals surface area contributed by atoms with Gasteiger partial charge in [-0.1, -0.05) is 0 Å². The minimum absolute atomic E-state index is 0.0682. The number of primary amides is 1. The van der Waals surface area contributed by atoms with Crippen LogP contribution in [0.3, 0.4) is 0 Å². The van der Waals surface area contributed by atoms with Gasteiger partial charge in [-0.3, -0.25) is 19.8 Å². The Balaban J connectivity index is 1.93. The molecule has 8 heteroatoms.